The van der Waals surface area contributed by atoms with Gasteiger partial charge in [-0.25, -0.2) is 0 Å². The Bertz CT molecular complexity index is 735. The monoisotopic (exact) mass is 274 g/mol. The molecule has 0 aromatic heterocycles. The summed E-state index contributed by atoms with van der Waals surface area (Å²) in [4.78, 5) is 12.3. The maximum Gasteiger partial charge on any atom is 0.176 e. The number of ketones is 1. The standard InChI is InChI=1S/C15H14O5/c1-6-7(2)20-11-4-8-3-9(16)5-10(17)12(8)15(19)13(11)14(6)18/h3-7,16-17,19H,1-2H3. The topological polar surface area (TPSA) is 87.0 Å². The molecule has 2 aromatic rings. The first-order valence-electron chi connectivity index (χ1n) is 6.32. The second-order valence-corrected chi connectivity index (χ2v) is 5.14. The lowest BCUT2D eigenvalue weighted by Gasteiger charge is -2.28. The Balaban J connectivity index is 2.38. The van der Waals surface area contributed by atoms with E-state index in [0.29, 0.717) is 5.39 Å². The van der Waals surface area contributed by atoms with Crippen molar-refractivity contribution >= 4 is 16.6 Å². The van der Waals surface area contributed by atoms with Crippen molar-refractivity contribution in [2.75, 3.05) is 0 Å². The van der Waals surface area contributed by atoms with E-state index in [9.17, 15) is 20.1 Å². The minimum Gasteiger partial charge on any atom is -0.508 e. The summed E-state index contributed by atoms with van der Waals surface area (Å²) >= 11 is 0. The SMILES string of the molecule is CC1Oc2cc3cc(O)cc(O)c3c(O)c2C(=O)C1C. The number of rotatable bonds is 0. The van der Waals surface area contributed by atoms with Crippen LogP contribution < -0.4 is 4.74 Å². The molecule has 1 aliphatic heterocycles. The van der Waals surface area contributed by atoms with Crippen LogP contribution in [0.5, 0.6) is 23.0 Å². The number of carbonyl (C=O) groups is 1. The van der Waals surface area contributed by atoms with Gasteiger partial charge in [-0.2, -0.15) is 0 Å². The molecule has 0 fully saturated rings. The van der Waals surface area contributed by atoms with Crippen molar-refractivity contribution < 1.29 is 24.9 Å². The lowest BCUT2D eigenvalue weighted by atomic mass is 9.89. The van der Waals surface area contributed by atoms with Crippen LogP contribution in [0.3, 0.4) is 0 Å². The first-order chi connectivity index (χ1) is 9.40. The molecule has 0 amide bonds. The van der Waals surface area contributed by atoms with Crippen molar-refractivity contribution in [1.82, 2.24) is 0 Å². The number of benzene rings is 2. The Morgan fingerprint density at radius 1 is 1.10 bits per heavy atom. The Hall–Kier alpha value is -2.43. The van der Waals surface area contributed by atoms with Crippen molar-refractivity contribution in [3.8, 4) is 23.0 Å². The minimum absolute atomic E-state index is 0.0871. The van der Waals surface area contributed by atoms with Gasteiger partial charge in [0, 0.05) is 6.07 Å². The highest BCUT2D eigenvalue weighted by Crippen LogP contribution is 2.45. The van der Waals surface area contributed by atoms with Crippen LogP contribution in [0.15, 0.2) is 18.2 Å². The van der Waals surface area contributed by atoms with Crippen molar-refractivity contribution in [3.63, 3.8) is 0 Å². The zero-order chi connectivity index (χ0) is 14.6. The van der Waals surface area contributed by atoms with Gasteiger partial charge in [-0.3, -0.25) is 4.79 Å². The fourth-order valence-corrected chi connectivity index (χ4v) is 2.53. The fourth-order valence-electron chi connectivity index (χ4n) is 2.53. The van der Waals surface area contributed by atoms with Gasteiger partial charge in [0.2, 0.25) is 0 Å². The Morgan fingerprint density at radius 2 is 1.80 bits per heavy atom. The number of fused-ring (bicyclic) bond motifs is 2. The van der Waals surface area contributed by atoms with Crippen LogP contribution in [-0.2, 0) is 0 Å². The normalized spacial score (nSPS) is 21.6. The quantitative estimate of drug-likeness (QED) is 0.687. The Kier molecular flexibility index (Phi) is 2.54. The molecule has 0 saturated carbocycles. The molecule has 0 aliphatic carbocycles. The third kappa shape index (κ3) is 1.59. The van der Waals surface area contributed by atoms with E-state index in [4.69, 9.17) is 4.74 Å². The summed E-state index contributed by atoms with van der Waals surface area (Å²) < 4.78 is 5.64. The maximum atomic E-state index is 12.3. The number of hydrogen-bond donors (Lipinski definition) is 3. The van der Waals surface area contributed by atoms with Gasteiger partial charge in [-0.15, -0.1) is 0 Å². The second-order valence-electron chi connectivity index (χ2n) is 5.14. The van der Waals surface area contributed by atoms with E-state index in [-0.39, 0.29) is 51.8 Å². The lowest BCUT2D eigenvalue weighted by Crippen LogP contribution is -2.33. The van der Waals surface area contributed by atoms with Crippen LogP contribution in [0.4, 0.5) is 0 Å². The van der Waals surface area contributed by atoms with Gasteiger partial charge < -0.3 is 20.1 Å². The maximum absolute atomic E-state index is 12.3. The van der Waals surface area contributed by atoms with Crippen molar-refractivity contribution in [2.45, 2.75) is 20.0 Å². The zero-order valence-electron chi connectivity index (χ0n) is 11.0. The van der Waals surface area contributed by atoms with Gasteiger partial charge in [-0.1, -0.05) is 6.92 Å². The largest absolute Gasteiger partial charge is 0.508 e. The lowest BCUT2D eigenvalue weighted by molar-refractivity contribution is 0.0726. The number of ether oxygens (including phenoxy) is 1. The average Bonchev–Trinajstić information content (AvgIpc) is 2.34. The molecule has 1 heterocycles. The highest BCUT2D eigenvalue weighted by Gasteiger charge is 2.34. The van der Waals surface area contributed by atoms with Crippen molar-refractivity contribution in [1.29, 1.82) is 0 Å². The van der Waals surface area contributed by atoms with Gasteiger partial charge in [0.25, 0.3) is 0 Å². The highest BCUT2D eigenvalue weighted by molar-refractivity contribution is 6.10. The van der Waals surface area contributed by atoms with Crippen LogP contribution in [0.2, 0.25) is 0 Å². The molecular formula is C15H14O5. The number of aromatic hydroxyl groups is 3. The molecule has 5 heteroatoms. The molecule has 0 radical (unpaired) electrons. The number of Topliss-reactive ketones (excluding diaryl/α,β-unsaturated/α-hetero) is 1. The molecule has 104 valence electrons. The Morgan fingerprint density at radius 3 is 2.50 bits per heavy atom. The molecule has 5 nitrogen and oxygen atoms in total. The third-order valence-corrected chi connectivity index (χ3v) is 3.82. The number of carbonyl (C=O) groups excluding carboxylic acids is 1. The zero-order valence-corrected chi connectivity index (χ0v) is 11.0. The number of phenolic OH excluding ortho intramolecular Hbond substituents is 3. The predicted octanol–water partition coefficient (Wildman–Crippen LogP) is 2.56. The molecule has 0 saturated heterocycles. The van der Waals surface area contributed by atoms with E-state index >= 15 is 0 Å². The molecule has 20 heavy (non-hydrogen) atoms. The van der Waals surface area contributed by atoms with Gasteiger partial charge in [-0.05, 0) is 24.4 Å². The fraction of sp³-hybridized carbons (Fsp3) is 0.267. The van der Waals surface area contributed by atoms with Gasteiger partial charge in [0.15, 0.2) is 5.78 Å². The van der Waals surface area contributed by atoms with Gasteiger partial charge >= 0.3 is 0 Å². The Labute approximate surface area is 115 Å². The average molecular weight is 274 g/mol. The van der Waals surface area contributed by atoms with E-state index in [2.05, 4.69) is 0 Å². The summed E-state index contributed by atoms with van der Waals surface area (Å²) in [5.41, 5.74) is 0.0871. The van der Waals surface area contributed by atoms with Crippen LogP contribution in [0.1, 0.15) is 24.2 Å². The first-order valence-corrected chi connectivity index (χ1v) is 6.32. The second kappa shape index (κ2) is 4.03. The summed E-state index contributed by atoms with van der Waals surface area (Å²) in [7, 11) is 0. The van der Waals surface area contributed by atoms with Gasteiger partial charge in [0.1, 0.15) is 34.7 Å². The third-order valence-electron chi connectivity index (χ3n) is 3.82. The van der Waals surface area contributed by atoms with Crippen LogP contribution in [0.25, 0.3) is 10.8 Å². The number of hydrogen-bond acceptors (Lipinski definition) is 5. The van der Waals surface area contributed by atoms with Crippen molar-refractivity contribution in [2.24, 2.45) is 5.92 Å². The molecule has 0 spiro atoms. The molecule has 1 aliphatic rings. The molecule has 3 rings (SSSR count). The van der Waals surface area contributed by atoms with E-state index < -0.39 is 0 Å². The molecule has 2 aromatic carbocycles. The summed E-state index contributed by atoms with van der Waals surface area (Å²) in [6.45, 7) is 3.52. The number of phenols is 3. The molecule has 2 unspecified atom stereocenters. The van der Waals surface area contributed by atoms with Crippen LogP contribution >= 0.6 is 0 Å². The van der Waals surface area contributed by atoms with Crippen LogP contribution in [0, 0.1) is 5.92 Å². The van der Waals surface area contributed by atoms with Crippen LogP contribution in [-0.4, -0.2) is 27.2 Å². The van der Waals surface area contributed by atoms with Gasteiger partial charge in [0.05, 0.1) is 11.3 Å². The van der Waals surface area contributed by atoms with E-state index in [1.807, 2.05) is 0 Å². The molecule has 0 bridgehead atoms. The summed E-state index contributed by atoms with van der Waals surface area (Å²) in [5, 5.41) is 30.2. The summed E-state index contributed by atoms with van der Waals surface area (Å²) in [6.07, 6.45) is -0.294. The highest BCUT2D eigenvalue weighted by atomic mass is 16.5. The van der Waals surface area contributed by atoms with E-state index in [1.54, 1.807) is 19.9 Å². The summed E-state index contributed by atoms with van der Waals surface area (Å²) in [6, 6.07) is 4.06. The van der Waals surface area contributed by atoms with Crippen molar-refractivity contribution in [3.05, 3.63) is 23.8 Å². The smallest absolute Gasteiger partial charge is 0.176 e. The van der Waals surface area contributed by atoms with E-state index in [0.717, 1.165) is 6.07 Å². The summed E-state index contributed by atoms with van der Waals surface area (Å²) in [5.74, 6) is -1.03. The predicted molar refractivity (Wildman–Crippen MR) is 72.5 cm³/mol. The molecular weight excluding hydrogens is 260 g/mol. The first kappa shape index (κ1) is 12.6. The van der Waals surface area contributed by atoms with E-state index in [1.165, 1.54) is 6.07 Å². The minimum atomic E-state index is -0.370. The molecule has 3 N–H and O–H groups in total. The molecule has 2 atom stereocenters.